The van der Waals surface area contributed by atoms with E-state index in [2.05, 4.69) is 21.2 Å². The largest absolute Gasteiger partial charge is 0.483 e. The second-order valence-corrected chi connectivity index (χ2v) is 6.08. The second kappa shape index (κ2) is 8.23. The van der Waals surface area contributed by atoms with Crippen molar-refractivity contribution < 1.29 is 24.1 Å². The molecule has 0 aliphatic rings. The van der Waals surface area contributed by atoms with Crippen LogP contribution in [0.1, 0.15) is 16.7 Å². The van der Waals surface area contributed by atoms with Crippen molar-refractivity contribution in [2.45, 2.75) is 20.1 Å². The quantitative estimate of drug-likeness (QED) is 0.700. The Labute approximate surface area is 147 Å². The van der Waals surface area contributed by atoms with E-state index in [1.54, 1.807) is 12.1 Å². The first-order valence-corrected chi connectivity index (χ1v) is 7.95. The van der Waals surface area contributed by atoms with E-state index in [1.807, 2.05) is 13.0 Å². The number of amides is 1. The number of rotatable bonds is 6. The van der Waals surface area contributed by atoms with Crippen molar-refractivity contribution in [1.29, 1.82) is 0 Å². The molecule has 5 nitrogen and oxygen atoms in total. The Morgan fingerprint density at radius 1 is 1.21 bits per heavy atom. The fraction of sp³-hybridized carbons (Fsp3) is 0.235. The molecule has 0 unspecified atom stereocenters. The van der Waals surface area contributed by atoms with Crippen LogP contribution in [-0.2, 0) is 18.0 Å². The number of benzene rings is 2. The van der Waals surface area contributed by atoms with Crippen LogP contribution in [0.5, 0.6) is 5.75 Å². The predicted octanol–water partition coefficient (Wildman–Crippen LogP) is 2.90. The standard InChI is InChI=1S/C17H17BrFNO4/c1-10-4-13(18)2-3-15(10)20-16(23)9-24-17-11(7-21)5-14(19)6-12(17)8-22/h2-6,21-22H,7-9H2,1H3,(H,20,23). The highest BCUT2D eigenvalue weighted by molar-refractivity contribution is 9.10. The molecule has 0 aliphatic carbocycles. The predicted molar refractivity (Wildman–Crippen MR) is 91.2 cm³/mol. The summed E-state index contributed by atoms with van der Waals surface area (Å²) >= 11 is 3.35. The van der Waals surface area contributed by atoms with E-state index in [9.17, 15) is 19.4 Å². The monoisotopic (exact) mass is 397 g/mol. The van der Waals surface area contributed by atoms with Gasteiger partial charge in [0.25, 0.3) is 5.91 Å². The maximum atomic E-state index is 13.4. The van der Waals surface area contributed by atoms with Gasteiger partial charge in [-0.2, -0.15) is 0 Å². The molecule has 0 aromatic heterocycles. The van der Waals surface area contributed by atoms with Gasteiger partial charge in [-0.1, -0.05) is 15.9 Å². The van der Waals surface area contributed by atoms with Gasteiger partial charge in [0.15, 0.2) is 6.61 Å². The van der Waals surface area contributed by atoms with Crippen LogP contribution in [0.25, 0.3) is 0 Å². The third-order valence-electron chi connectivity index (χ3n) is 3.36. The lowest BCUT2D eigenvalue weighted by molar-refractivity contribution is -0.118. The van der Waals surface area contributed by atoms with Crippen molar-refractivity contribution in [2.75, 3.05) is 11.9 Å². The minimum absolute atomic E-state index is 0.115. The second-order valence-electron chi connectivity index (χ2n) is 5.17. The van der Waals surface area contributed by atoms with Gasteiger partial charge in [-0.15, -0.1) is 0 Å². The molecule has 0 saturated heterocycles. The average molecular weight is 398 g/mol. The summed E-state index contributed by atoms with van der Waals surface area (Å²) < 4.78 is 19.7. The lowest BCUT2D eigenvalue weighted by atomic mass is 10.1. The number of ether oxygens (including phenoxy) is 1. The molecule has 24 heavy (non-hydrogen) atoms. The van der Waals surface area contributed by atoms with Gasteiger partial charge in [-0.05, 0) is 42.8 Å². The molecule has 2 rings (SSSR count). The smallest absolute Gasteiger partial charge is 0.262 e. The molecule has 0 bridgehead atoms. The number of aliphatic hydroxyl groups is 2. The van der Waals surface area contributed by atoms with Crippen molar-refractivity contribution in [3.05, 3.63) is 57.3 Å². The Morgan fingerprint density at radius 3 is 2.38 bits per heavy atom. The van der Waals surface area contributed by atoms with Gasteiger partial charge in [0.2, 0.25) is 0 Å². The summed E-state index contributed by atoms with van der Waals surface area (Å²) in [4.78, 5) is 12.0. The van der Waals surface area contributed by atoms with E-state index < -0.39 is 24.9 Å². The first kappa shape index (κ1) is 18.4. The van der Waals surface area contributed by atoms with Crippen LogP contribution < -0.4 is 10.1 Å². The molecule has 0 fully saturated rings. The highest BCUT2D eigenvalue weighted by atomic mass is 79.9. The van der Waals surface area contributed by atoms with Crippen LogP contribution in [0.15, 0.2) is 34.8 Å². The van der Waals surface area contributed by atoms with Gasteiger partial charge in [0.05, 0.1) is 13.2 Å². The Balaban J connectivity index is 2.09. The lowest BCUT2D eigenvalue weighted by Gasteiger charge is -2.15. The fourth-order valence-electron chi connectivity index (χ4n) is 2.22. The zero-order valence-electron chi connectivity index (χ0n) is 13.0. The number of nitrogens with one attached hydrogen (secondary N) is 1. The summed E-state index contributed by atoms with van der Waals surface area (Å²) in [6.07, 6.45) is 0. The molecule has 7 heteroatoms. The normalized spacial score (nSPS) is 10.5. The first-order chi connectivity index (χ1) is 11.4. The van der Waals surface area contributed by atoms with Gasteiger partial charge in [0.1, 0.15) is 11.6 Å². The first-order valence-electron chi connectivity index (χ1n) is 7.16. The topological polar surface area (TPSA) is 78.8 Å². The van der Waals surface area contributed by atoms with E-state index in [1.165, 1.54) is 0 Å². The SMILES string of the molecule is Cc1cc(Br)ccc1NC(=O)COc1c(CO)cc(F)cc1CO. The Bertz CT molecular complexity index is 726. The Hall–Kier alpha value is -1.96. The van der Waals surface area contributed by atoms with Gasteiger partial charge in [0, 0.05) is 21.3 Å². The van der Waals surface area contributed by atoms with Crippen molar-refractivity contribution in [3.8, 4) is 5.75 Å². The van der Waals surface area contributed by atoms with Crippen LogP contribution in [0.2, 0.25) is 0 Å². The van der Waals surface area contributed by atoms with Crippen molar-refractivity contribution in [2.24, 2.45) is 0 Å². The molecule has 2 aromatic carbocycles. The maximum Gasteiger partial charge on any atom is 0.262 e. The molecule has 3 N–H and O–H groups in total. The van der Waals surface area contributed by atoms with Crippen LogP contribution in [0.3, 0.4) is 0 Å². The summed E-state index contributed by atoms with van der Waals surface area (Å²) in [5.41, 5.74) is 1.88. The number of anilines is 1. The van der Waals surface area contributed by atoms with Crippen LogP contribution in [0, 0.1) is 12.7 Å². The highest BCUT2D eigenvalue weighted by Gasteiger charge is 2.14. The summed E-state index contributed by atoms with van der Waals surface area (Å²) in [6, 6.07) is 7.63. The zero-order valence-corrected chi connectivity index (χ0v) is 14.6. The minimum atomic E-state index is -0.592. The zero-order chi connectivity index (χ0) is 17.7. The fourth-order valence-corrected chi connectivity index (χ4v) is 2.70. The molecule has 128 valence electrons. The lowest BCUT2D eigenvalue weighted by Crippen LogP contribution is -2.21. The van der Waals surface area contributed by atoms with E-state index in [0.717, 1.165) is 22.2 Å². The molecular weight excluding hydrogens is 381 g/mol. The number of aliphatic hydroxyl groups excluding tert-OH is 2. The van der Waals surface area contributed by atoms with Crippen LogP contribution >= 0.6 is 15.9 Å². The van der Waals surface area contributed by atoms with Crippen molar-refractivity contribution >= 4 is 27.5 Å². The van der Waals surface area contributed by atoms with E-state index in [-0.39, 0.29) is 23.5 Å². The van der Waals surface area contributed by atoms with Gasteiger partial charge >= 0.3 is 0 Å². The third kappa shape index (κ3) is 4.53. The molecule has 0 heterocycles. The molecular formula is C17H17BrFNO4. The Kier molecular flexibility index (Phi) is 6.30. The molecule has 0 atom stereocenters. The Morgan fingerprint density at radius 2 is 1.83 bits per heavy atom. The summed E-state index contributed by atoms with van der Waals surface area (Å²) in [5, 5.41) is 21.3. The number of aryl methyl sites for hydroxylation is 1. The number of carbonyl (C=O) groups is 1. The highest BCUT2D eigenvalue weighted by Crippen LogP contribution is 2.26. The van der Waals surface area contributed by atoms with E-state index in [0.29, 0.717) is 5.69 Å². The third-order valence-corrected chi connectivity index (χ3v) is 3.85. The molecule has 2 aromatic rings. The van der Waals surface area contributed by atoms with Gasteiger partial charge < -0.3 is 20.3 Å². The average Bonchev–Trinajstić information content (AvgIpc) is 2.55. The number of hydrogen-bond donors (Lipinski definition) is 3. The van der Waals surface area contributed by atoms with Crippen LogP contribution in [-0.4, -0.2) is 22.7 Å². The summed E-state index contributed by atoms with van der Waals surface area (Å²) in [5.74, 6) is -0.882. The van der Waals surface area contributed by atoms with E-state index >= 15 is 0 Å². The number of halogens is 2. The molecule has 0 aliphatic heterocycles. The van der Waals surface area contributed by atoms with E-state index in [4.69, 9.17) is 4.74 Å². The van der Waals surface area contributed by atoms with Crippen molar-refractivity contribution in [1.82, 2.24) is 0 Å². The minimum Gasteiger partial charge on any atom is -0.483 e. The summed E-state index contributed by atoms with van der Waals surface area (Å²) in [6.45, 7) is 0.594. The van der Waals surface area contributed by atoms with Gasteiger partial charge in [-0.25, -0.2) is 4.39 Å². The van der Waals surface area contributed by atoms with Crippen molar-refractivity contribution in [3.63, 3.8) is 0 Å². The number of carbonyl (C=O) groups excluding carboxylic acids is 1. The number of hydrogen-bond acceptors (Lipinski definition) is 4. The maximum absolute atomic E-state index is 13.4. The summed E-state index contributed by atoms with van der Waals surface area (Å²) in [7, 11) is 0. The molecule has 0 radical (unpaired) electrons. The molecule has 0 saturated carbocycles. The van der Waals surface area contributed by atoms with Gasteiger partial charge in [-0.3, -0.25) is 4.79 Å². The molecule has 1 amide bonds. The van der Waals surface area contributed by atoms with Crippen LogP contribution in [0.4, 0.5) is 10.1 Å². The molecule has 0 spiro atoms.